The van der Waals surface area contributed by atoms with Crippen LogP contribution in [-0.2, 0) is 7.05 Å². The molecule has 0 aliphatic rings. The SMILES string of the molecule is CC(CN(C)C)Nc1nnnn1C. The summed E-state index contributed by atoms with van der Waals surface area (Å²) < 4.78 is 1.62. The zero-order chi connectivity index (χ0) is 9.84. The summed E-state index contributed by atoms with van der Waals surface area (Å²) in [6, 6.07) is 0.333. The Bertz CT molecular complexity index is 255. The normalized spacial score (nSPS) is 13.3. The van der Waals surface area contributed by atoms with Gasteiger partial charge in [-0.3, -0.25) is 0 Å². The largest absolute Gasteiger partial charge is 0.349 e. The summed E-state index contributed by atoms with van der Waals surface area (Å²) >= 11 is 0. The van der Waals surface area contributed by atoms with Crippen LogP contribution in [0.15, 0.2) is 0 Å². The lowest BCUT2D eigenvalue weighted by Crippen LogP contribution is -2.30. The fraction of sp³-hybridized carbons (Fsp3) is 0.857. The van der Waals surface area contributed by atoms with Crippen LogP contribution in [0.3, 0.4) is 0 Å². The lowest BCUT2D eigenvalue weighted by atomic mass is 10.3. The van der Waals surface area contributed by atoms with Crippen molar-refractivity contribution in [1.82, 2.24) is 25.1 Å². The number of tetrazole rings is 1. The van der Waals surface area contributed by atoms with Crippen LogP contribution in [-0.4, -0.2) is 51.8 Å². The smallest absolute Gasteiger partial charge is 0.242 e. The average molecular weight is 184 g/mol. The molecule has 1 unspecified atom stereocenters. The Morgan fingerprint density at radius 2 is 2.23 bits per heavy atom. The van der Waals surface area contributed by atoms with Crippen molar-refractivity contribution < 1.29 is 0 Å². The summed E-state index contributed by atoms with van der Waals surface area (Å²) in [6.45, 7) is 3.04. The number of likely N-dealkylation sites (N-methyl/N-ethyl adjacent to an activating group) is 1. The van der Waals surface area contributed by atoms with Gasteiger partial charge in [-0.15, -0.1) is 0 Å². The van der Waals surface area contributed by atoms with Crippen molar-refractivity contribution in [1.29, 1.82) is 0 Å². The van der Waals surface area contributed by atoms with E-state index < -0.39 is 0 Å². The van der Waals surface area contributed by atoms with Crippen molar-refractivity contribution in [3.8, 4) is 0 Å². The molecule has 0 fully saturated rings. The van der Waals surface area contributed by atoms with Crippen LogP contribution in [0.4, 0.5) is 5.95 Å². The molecular formula is C7H16N6. The fourth-order valence-corrected chi connectivity index (χ4v) is 1.17. The molecule has 1 heterocycles. The molecule has 0 aliphatic heterocycles. The van der Waals surface area contributed by atoms with Crippen LogP contribution in [0, 0.1) is 0 Å². The van der Waals surface area contributed by atoms with Crippen molar-refractivity contribution in [2.24, 2.45) is 7.05 Å². The maximum absolute atomic E-state index is 3.84. The fourth-order valence-electron chi connectivity index (χ4n) is 1.17. The number of anilines is 1. The van der Waals surface area contributed by atoms with E-state index in [0.717, 1.165) is 6.54 Å². The van der Waals surface area contributed by atoms with Gasteiger partial charge < -0.3 is 10.2 Å². The summed E-state index contributed by atoms with van der Waals surface area (Å²) in [5, 5.41) is 14.3. The standard InChI is InChI=1S/C7H16N6/c1-6(5-12(2)3)8-7-9-10-11-13(7)4/h6H,5H2,1-4H3,(H,8,9,11). The molecule has 0 aromatic carbocycles. The average Bonchev–Trinajstić information content (AvgIpc) is 2.34. The van der Waals surface area contributed by atoms with Crippen molar-refractivity contribution in [3.63, 3.8) is 0 Å². The van der Waals surface area contributed by atoms with Gasteiger partial charge in [-0.2, -0.15) is 0 Å². The lowest BCUT2D eigenvalue weighted by Gasteiger charge is -2.17. The molecule has 1 N–H and O–H groups in total. The maximum atomic E-state index is 3.84. The molecule has 74 valence electrons. The molecule has 13 heavy (non-hydrogen) atoms. The number of nitrogens with zero attached hydrogens (tertiary/aromatic N) is 5. The molecule has 0 aliphatic carbocycles. The van der Waals surface area contributed by atoms with E-state index in [0.29, 0.717) is 12.0 Å². The van der Waals surface area contributed by atoms with E-state index in [4.69, 9.17) is 0 Å². The zero-order valence-corrected chi connectivity index (χ0v) is 8.52. The topological polar surface area (TPSA) is 58.9 Å². The zero-order valence-electron chi connectivity index (χ0n) is 8.52. The number of hydrogen-bond acceptors (Lipinski definition) is 5. The van der Waals surface area contributed by atoms with Gasteiger partial charge in [0.05, 0.1) is 0 Å². The van der Waals surface area contributed by atoms with Gasteiger partial charge in [-0.1, -0.05) is 5.10 Å². The summed E-state index contributed by atoms with van der Waals surface area (Å²) in [5.74, 6) is 0.703. The number of aryl methyl sites for hydroxylation is 1. The summed E-state index contributed by atoms with van der Waals surface area (Å²) in [5.41, 5.74) is 0. The molecule has 0 bridgehead atoms. The van der Waals surface area contributed by atoms with Gasteiger partial charge in [0, 0.05) is 19.6 Å². The Balaban J connectivity index is 2.45. The maximum Gasteiger partial charge on any atom is 0.242 e. The Morgan fingerprint density at radius 3 is 2.69 bits per heavy atom. The first kappa shape index (κ1) is 9.91. The molecule has 0 radical (unpaired) electrons. The summed E-state index contributed by atoms with van der Waals surface area (Å²) in [7, 11) is 5.88. The summed E-state index contributed by atoms with van der Waals surface area (Å²) in [6.07, 6.45) is 0. The number of rotatable bonds is 4. The predicted molar refractivity (Wildman–Crippen MR) is 50.4 cm³/mol. The second-order valence-corrected chi connectivity index (χ2v) is 3.43. The third kappa shape index (κ3) is 2.98. The molecule has 0 amide bonds. The predicted octanol–water partition coefficient (Wildman–Crippen LogP) is -0.428. The quantitative estimate of drug-likeness (QED) is 0.688. The molecule has 0 spiro atoms. The van der Waals surface area contributed by atoms with Crippen LogP contribution in [0.2, 0.25) is 0 Å². The Kier molecular flexibility index (Phi) is 3.18. The molecule has 1 aromatic rings. The van der Waals surface area contributed by atoms with Crippen molar-refractivity contribution in [2.75, 3.05) is 26.0 Å². The van der Waals surface area contributed by atoms with Crippen LogP contribution < -0.4 is 5.32 Å². The first-order valence-electron chi connectivity index (χ1n) is 4.23. The second-order valence-electron chi connectivity index (χ2n) is 3.43. The molecule has 1 atom stereocenters. The van der Waals surface area contributed by atoms with Crippen LogP contribution in [0.1, 0.15) is 6.92 Å². The number of nitrogens with one attached hydrogen (secondary N) is 1. The third-order valence-electron chi connectivity index (χ3n) is 1.63. The van der Waals surface area contributed by atoms with Crippen LogP contribution in [0.5, 0.6) is 0 Å². The lowest BCUT2D eigenvalue weighted by molar-refractivity contribution is 0.391. The molecule has 0 saturated carbocycles. The van der Waals surface area contributed by atoms with Gasteiger partial charge in [-0.05, 0) is 31.4 Å². The van der Waals surface area contributed by atoms with Crippen molar-refractivity contribution in [3.05, 3.63) is 0 Å². The Labute approximate surface area is 77.9 Å². The van der Waals surface area contributed by atoms with Crippen molar-refractivity contribution in [2.45, 2.75) is 13.0 Å². The van der Waals surface area contributed by atoms with Gasteiger partial charge in [0.15, 0.2) is 0 Å². The van der Waals surface area contributed by atoms with Crippen LogP contribution >= 0.6 is 0 Å². The highest BCUT2D eigenvalue weighted by Crippen LogP contribution is 1.99. The monoisotopic (exact) mass is 184 g/mol. The van der Waals surface area contributed by atoms with Crippen LogP contribution in [0.25, 0.3) is 0 Å². The van der Waals surface area contributed by atoms with E-state index in [9.17, 15) is 0 Å². The van der Waals surface area contributed by atoms with E-state index in [-0.39, 0.29) is 0 Å². The first-order chi connectivity index (χ1) is 6.09. The highest BCUT2D eigenvalue weighted by Gasteiger charge is 2.07. The van der Waals surface area contributed by atoms with Gasteiger partial charge >= 0.3 is 0 Å². The molecule has 1 rings (SSSR count). The Morgan fingerprint density at radius 1 is 1.54 bits per heavy atom. The van der Waals surface area contributed by atoms with E-state index in [2.05, 4.69) is 32.7 Å². The third-order valence-corrected chi connectivity index (χ3v) is 1.63. The first-order valence-corrected chi connectivity index (χ1v) is 4.23. The minimum absolute atomic E-state index is 0.333. The van der Waals surface area contributed by atoms with Gasteiger partial charge in [0.2, 0.25) is 5.95 Å². The van der Waals surface area contributed by atoms with E-state index >= 15 is 0 Å². The number of hydrogen-bond donors (Lipinski definition) is 1. The highest BCUT2D eigenvalue weighted by molar-refractivity contribution is 5.22. The minimum Gasteiger partial charge on any atom is -0.349 e. The second kappa shape index (κ2) is 4.18. The van der Waals surface area contributed by atoms with Gasteiger partial charge in [0.25, 0.3) is 0 Å². The Hall–Kier alpha value is -1.17. The van der Waals surface area contributed by atoms with E-state index in [1.165, 1.54) is 0 Å². The molecular weight excluding hydrogens is 168 g/mol. The van der Waals surface area contributed by atoms with E-state index in [1.807, 2.05) is 21.1 Å². The molecule has 0 saturated heterocycles. The van der Waals surface area contributed by atoms with E-state index in [1.54, 1.807) is 4.68 Å². The molecule has 6 heteroatoms. The minimum atomic E-state index is 0.333. The summed E-state index contributed by atoms with van der Waals surface area (Å²) in [4.78, 5) is 2.11. The van der Waals surface area contributed by atoms with Gasteiger partial charge in [-0.25, -0.2) is 4.68 Å². The number of aromatic nitrogens is 4. The molecule has 1 aromatic heterocycles. The van der Waals surface area contributed by atoms with Gasteiger partial charge in [0.1, 0.15) is 0 Å². The highest BCUT2D eigenvalue weighted by atomic mass is 15.6. The van der Waals surface area contributed by atoms with Crippen molar-refractivity contribution >= 4 is 5.95 Å². The molecule has 6 nitrogen and oxygen atoms in total.